The third kappa shape index (κ3) is 3.62. The van der Waals surface area contributed by atoms with Crippen LogP contribution in [0.5, 0.6) is 0 Å². The van der Waals surface area contributed by atoms with Crippen LogP contribution in [-0.4, -0.2) is 20.3 Å². The van der Waals surface area contributed by atoms with Gasteiger partial charge in [-0.3, -0.25) is 9.20 Å². The molecule has 0 spiro atoms. The Morgan fingerprint density at radius 1 is 1.22 bits per heavy atom. The number of aromatic nitrogens is 3. The lowest BCUT2D eigenvalue weighted by Crippen LogP contribution is -2.16. The Hall–Kier alpha value is -3.74. The standard InChI is InChI=1S/C20H15N3O4/c1-13-6-7-17-21-14(10-19(24)23(17)11-13)12-26-20(25)9-8-18-22-15-4-2-3-5-16(15)27-18/h2-11H,12H2,1H3/b9-8+. The molecule has 3 aromatic heterocycles. The SMILES string of the molecule is Cc1ccc2nc(COC(=O)/C=C/c3nc4ccccc4o3)cc(=O)n2c1. The van der Waals surface area contributed by atoms with Crippen LogP contribution in [0.3, 0.4) is 0 Å². The monoisotopic (exact) mass is 361 g/mol. The van der Waals surface area contributed by atoms with Gasteiger partial charge in [0.05, 0.1) is 5.69 Å². The van der Waals surface area contributed by atoms with Gasteiger partial charge in [-0.1, -0.05) is 18.2 Å². The number of rotatable bonds is 4. The number of nitrogens with zero attached hydrogens (tertiary/aromatic N) is 3. The molecule has 0 N–H and O–H groups in total. The molecule has 0 aliphatic heterocycles. The Morgan fingerprint density at radius 2 is 2.07 bits per heavy atom. The molecule has 7 nitrogen and oxygen atoms in total. The number of hydrogen-bond acceptors (Lipinski definition) is 6. The van der Waals surface area contributed by atoms with Crippen LogP contribution in [-0.2, 0) is 16.1 Å². The lowest BCUT2D eigenvalue weighted by atomic mass is 10.3. The first kappa shape index (κ1) is 16.7. The zero-order valence-corrected chi connectivity index (χ0v) is 14.5. The Labute approximate surface area is 153 Å². The maximum absolute atomic E-state index is 12.1. The minimum atomic E-state index is -0.580. The summed E-state index contributed by atoms with van der Waals surface area (Å²) in [6.07, 6.45) is 4.37. The number of para-hydroxylation sites is 2. The predicted octanol–water partition coefficient (Wildman–Crippen LogP) is 2.90. The van der Waals surface area contributed by atoms with Crippen molar-refractivity contribution < 1.29 is 13.9 Å². The number of pyridine rings is 1. The van der Waals surface area contributed by atoms with E-state index in [1.807, 2.05) is 31.2 Å². The minimum Gasteiger partial charge on any atom is -0.456 e. The topological polar surface area (TPSA) is 86.7 Å². The van der Waals surface area contributed by atoms with E-state index in [0.717, 1.165) is 5.56 Å². The third-order valence-electron chi connectivity index (χ3n) is 3.90. The zero-order chi connectivity index (χ0) is 18.8. The summed E-state index contributed by atoms with van der Waals surface area (Å²) in [5, 5.41) is 0. The van der Waals surface area contributed by atoms with Crippen molar-refractivity contribution in [1.29, 1.82) is 0 Å². The van der Waals surface area contributed by atoms with Gasteiger partial charge in [0, 0.05) is 24.4 Å². The molecule has 0 amide bonds. The number of carbonyl (C=O) groups excluding carboxylic acids is 1. The summed E-state index contributed by atoms with van der Waals surface area (Å²) in [5.74, 6) is -0.270. The van der Waals surface area contributed by atoms with Crippen LogP contribution in [0.15, 0.2) is 63.9 Å². The summed E-state index contributed by atoms with van der Waals surface area (Å²) in [6.45, 7) is 1.79. The molecule has 0 fully saturated rings. The quantitative estimate of drug-likeness (QED) is 0.410. The van der Waals surface area contributed by atoms with E-state index in [4.69, 9.17) is 9.15 Å². The highest BCUT2D eigenvalue weighted by molar-refractivity contribution is 5.86. The normalized spacial score (nSPS) is 11.4. The number of ether oxygens (including phenoxy) is 1. The van der Waals surface area contributed by atoms with Crippen molar-refractivity contribution in [3.8, 4) is 0 Å². The van der Waals surface area contributed by atoms with Crippen molar-refractivity contribution in [2.45, 2.75) is 13.5 Å². The number of esters is 1. The number of oxazole rings is 1. The second-order valence-corrected chi connectivity index (χ2v) is 5.98. The van der Waals surface area contributed by atoms with Gasteiger partial charge < -0.3 is 9.15 Å². The number of fused-ring (bicyclic) bond motifs is 2. The average Bonchev–Trinajstić information content (AvgIpc) is 3.08. The van der Waals surface area contributed by atoms with Crippen LogP contribution in [0, 0.1) is 6.92 Å². The molecule has 0 atom stereocenters. The van der Waals surface area contributed by atoms with Crippen molar-refractivity contribution in [3.05, 3.63) is 82.2 Å². The van der Waals surface area contributed by atoms with Crippen LogP contribution >= 0.6 is 0 Å². The van der Waals surface area contributed by atoms with Gasteiger partial charge >= 0.3 is 5.97 Å². The van der Waals surface area contributed by atoms with Crippen LogP contribution < -0.4 is 5.56 Å². The Morgan fingerprint density at radius 3 is 2.93 bits per heavy atom. The van der Waals surface area contributed by atoms with Gasteiger partial charge in [0.15, 0.2) is 5.58 Å². The lowest BCUT2D eigenvalue weighted by molar-refractivity contribution is -0.139. The largest absolute Gasteiger partial charge is 0.456 e. The molecule has 0 aliphatic rings. The average molecular weight is 361 g/mol. The van der Waals surface area contributed by atoms with E-state index in [9.17, 15) is 9.59 Å². The Balaban J connectivity index is 1.45. The molecule has 4 rings (SSSR count). The summed E-state index contributed by atoms with van der Waals surface area (Å²) in [6, 6.07) is 12.3. The van der Waals surface area contributed by atoms with Crippen LogP contribution in [0.4, 0.5) is 0 Å². The van der Waals surface area contributed by atoms with Crippen LogP contribution in [0.1, 0.15) is 17.1 Å². The van der Waals surface area contributed by atoms with Crippen LogP contribution in [0.2, 0.25) is 0 Å². The summed E-state index contributed by atoms with van der Waals surface area (Å²) in [7, 11) is 0. The first-order valence-electron chi connectivity index (χ1n) is 8.28. The fourth-order valence-corrected chi connectivity index (χ4v) is 2.63. The van der Waals surface area contributed by atoms with Crippen molar-refractivity contribution in [3.63, 3.8) is 0 Å². The zero-order valence-electron chi connectivity index (χ0n) is 14.5. The molecule has 7 heteroatoms. The molecule has 4 aromatic rings. The number of benzene rings is 1. The van der Waals surface area contributed by atoms with Crippen molar-refractivity contribution in [2.24, 2.45) is 0 Å². The van der Waals surface area contributed by atoms with E-state index in [-0.39, 0.29) is 12.2 Å². The second-order valence-electron chi connectivity index (χ2n) is 5.98. The molecule has 0 saturated heterocycles. The second kappa shape index (κ2) is 6.87. The van der Waals surface area contributed by atoms with E-state index in [0.29, 0.717) is 28.3 Å². The van der Waals surface area contributed by atoms with Gasteiger partial charge in [0.25, 0.3) is 5.56 Å². The first-order chi connectivity index (χ1) is 13.1. The molecule has 27 heavy (non-hydrogen) atoms. The van der Waals surface area contributed by atoms with Gasteiger partial charge in [-0.2, -0.15) is 0 Å². The molecule has 0 saturated carbocycles. The number of aryl methyl sites for hydroxylation is 1. The molecule has 0 radical (unpaired) electrons. The van der Waals surface area contributed by atoms with E-state index < -0.39 is 5.97 Å². The first-order valence-corrected chi connectivity index (χ1v) is 8.28. The van der Waals surface area contributed by atoms with E-state index in [1.54, 1.807) is 18.3 Å². The van der Waals surface area contributed by atoms with Gasteiger partial charge in [0.1, 0.15) is 17.8 Å². The van der Waals surface area contributed by atoms with E-state index in [2.05, 4.69) is 9.97 Å². The molecular weight excluding hydrogens is 346 g/mol. The van der Waals surface area contributed by atoms with Crippen LogP contribution in [0.25, 0.3) is 22.8 Å². The Bertz CT molecular complexity index is 1200. The Kier molecular flexibility index (Phi) is 4.25. The highest BCUT2D eigenvalue weighted by atomic mass is 16.5. The summed E-state index contributed by atoms with van der Waals surface area (Å²) >= 11 is 0. The third-order valence-corrected chi connectivity index (χ3v) is 3.90. The molecule has 0 unspecified atom stereocenters. The molecular formula is C20H15N3O4. The molecule has 1 aromatic carbocycles. The molecule has 3 heterocycles. The van der Waals surface area contributed by atoms with Gasteiger partial charge in [-0.15, -0.1) is 0 Å². The maximum atomic E-state index is 12.1. The summed E-state index contributed by atoms with van der Waals surface area (Å²) in [4.78, 5) is 32.6. The maximum Gasteiger partial charge on any atom is 0.331 e. The van der Waals surface area contributed by atoms with Gasteiger partial charge in [-0.25, -0.2) is 14.8 Å². The van der Waals surface area contributed by atoms with Crippen molar-refractivity contribution in [1.82, 2.24) is 14.4 Å². The number of carbonyl (C=O) groups is 1. The molecule has 0 bridgehead atoms. The van der Waals surface area contributed by atoms with Crippen molar-refractivity contribution >= 4 is 28.8 Å². The highest BCUT2D eigenvalue weighted by Crippen LogP contribution is 2.15. The van der Waals surface area contributed by atoms with Crippen molar-refractivity contribution in [2.75, 3.05) is 0 Å². The van der Waals surface area contributed by atoms with E-state index >= 15 is 0 Å². The van der Waals surface area contributed by atoms with Gasteiger partial charge in [-0.05, 0) is 30.7 Å². The van der Waals surface area contributed by atoms with E-state index in [1.165, 1.54) is 22.6 Å². The highest BCUT2D eigenvalue weighted by Gasteiger charge is 2.06. The summed E-state index contributed by atoms with van der Waals surface area (Å²) < 4.78 is 12.1. The van der Waals surface area contributed by atoms with Gasteiger partial charge in [0.2, 0.25) is 5.89 Å². The fraction of sp³-hybridized carbons (Fsp3) is 0.100. The fourth-order valence-electron chi connectivity index (χ4n) is 2.63. The smallest absolute Gasteiger partial charge is 0.331 e. The molecule has 0 aliphatic carbocycles. The summed E-state index contributed by atoms with van der Waals surface area (Å²) in [5.41, 5.74) is 2.96. The lowest BCUT2D eigenvalue weighted by Gasteiger charge is -2.05. The predicted molar refractivity (Wildman–Crippen MR) is 99.0 cm³/mol. The minimum absolute atomic E-state index is 0.101. The number of hydrogen-bond donors (Lipinski definition) is 0. The molecule has 134 valence electrons.